The van der Waals surface area contributed by atoms with Crippen molar-refractivity contribution in [1.82, 2.24) is 0 Å². The van der Waals surface area contributed by atoms with E-state index in [2.05, 4.69) is 15.9 Å². The van der Waals surface area contributed by atoms with Gasteiger partial charge in [0.05, 0.1) is 9.40 Å². The van der Waals surface area contributed by atoms with Crippen LogP contribution in [-0.2, 0) is 0 Å². The minimum atomic E-state index is -0.460. The van der Waals surface area contributed by atoms with Crippen LogP contribution in [0.1, 0.15) is 5.56 Å². The molecule has 0 aliphatic heterocycles. The van der Waals surface area contributed by atoms with Crippen LogP contribution >= 0.6 is 15.9 Å². The molecule has 6 heteroatoms. The summed E-state index contributed by atoms with van der Waals surface area (Å²) in [5, 5.41) is 10.7. The maximum atomic E-state index is 13.3. The summed E-state index contributed by atoms with van der Waals surface area (Å²) < 4.78 is 19.1. The first-order chi connectivity index (χ1) is 8.97. The highest BCUT2D eigenvalue weighted by molar-refractivity contribution is 9.10. The van der Waals surface area contributed by atoms with Gasteiger partial charge < -0.3 is 4.74 Å². The van der Waals surface area contributed by atoms with Crippen LogP contribution in [0.4, 0.5) is 10.1 Å². The Bertz CT molecular complexity index is 646. The zero-order chi connectivity index (χ0) is 14.0. The predicted molar refractivity (Wildman–Crippen MR) is 72.0 cm³/mol. The van der Waals surface area contributed by atoms with Crippen molar-refractivity contribution in [3.05, 3.63) is 62.4 Å². The molecule has 0 saturated carbocycles. The number of benzene rings is 2. The van der Waals surface area contributed by atoms with Crippen LogP contribution in [0.25, 0.3) is 0 Å². The standard InChI is InChI=1S/C13H9BrFNO3/c1-8-6-9(3-5-13(8)16(17)18)19-10-2-4-11(14)12(15)7-10/h2-7H,1H3. The van der Waals surface area contributed by atoms with E-state index in [-0.39, 0.29) is 5.69 Å². The highest BCUT2D eigenvalue weighted by atomic mass is 79.9. The van der Waals surface area contributed by atoms with Crippen LogP contribution in [-0.4, -0.2) is 4.92 Å². The lowest BCUT2D eigenvalue weighted by Crippen LogP contribution is -1.92. The molecule has 0 aromatic heterocycles. The maximum Gasteiger partial charge on any atom is 0.272 e. The average molecular weight is 326 g/mol. The molecule has 0 saturated heterocycles. The molecule has 0 bridgehead atoms. The molecule has 2 aromatic rings. The molecule has 0 aliphatic carbocycles. The topological polar surface area (TPSA) is 52.4 Å². The fourth-order valence-electron chi connectivity index (χ4n) is 1.57. The molecule has 4 nitrogen and oxygen atoms in total. The minimum absolute atomic E-state index is 0.0225. The molecule has 0 aliphatic rings. The van der Waals surface area contributed by atoms with Gasteiger partial charge in [0, 0.05) is 17.7 Å². The Balaban J connectivity index is 2.26. The SMILES string of the molecule is Cc1cc(Oc2ccc(Br)c(F)c2)ccc1[N+](=O)[O-]. The summed E-state index contributed by atoms with van der Waals surface area (Å²) >= 11 is 3.05. The molecule has 0 spiro atoms. The Morgan fingerprint density at radius 1 is 1.21 bits per heavy atom. The van der Waals surface area contributed by atoms with Gasteiger partial charge >= 0.3 is 0 Å². The molecule has 0 atom stereocenters. The van der Waals surface area contributed by atoms with Gasteiger partial charge in [0.25, 0.3) is 5.69 Å². The monoisotopic (exact) mass is 325 g/mol. The normalized spacial score (nSPS) is 10.3. The van der Waals surface area contributed by atoms with Crippen molar-refractivity contribution in [1.29, 1.82) is 0 Å². The molecule has 19 heavy (non-hydrogen) atoms. The van der Waals surface area contributed by atoms with Crippen molar-refractivity contribution < 1.29 is 14.1 Å². The van der Waals surface area contributed by atoms with E-state index in [0.29, 0.717) is 21.5 Å². The van der Waals surface area contributed by atoms with Gasteiger partial charge in [0.15, 0.2) is 0 Å². The van der Waals surface area contributed by atoms with E-state index in [4.69, 9.17) is 4.74 Å². The second kappa shape index (κ2) is 5.36. The van der Waals surface area contributed by atoms with Gasteiger partial charge in [-0.15, -0.1) is 0 Å². The summed E-state index contributed by atoms with van der Waals surface area (Å²) in [5.41, 5.74) is 0.509. The van der Waals surface area contributed by atoms with Crippen molar-refractivity contribution in [2.75, 3.05) is 0 Å². The minimum Gasteiger partial charge on any atom is -0.457 e. The second-order valence-corrected chi connectivity index (χ2v) is 4.74. The number of nitrogens with zero attached hydrogens (tertiary/aromatic N) is 1. The van der Waals surface area contributed by atoms with E-state index in [1.807, 2.05) is 0 Å². The Hall–Kier alpha value is -1.95. The van der Waals surface area contributed by atoms with Gasteiger partial charge in [0.1, 0.15) is 17.3 Å². The third-order valence-electron chi connectivity index (χ3n) is 2.49. The Labute approximate surface area is 117 Å². The number of aryl methyl sites for hydroxylation is 1. The largest absolute Gasteiger partial charge is 0.457 e. The summed E-state index contributed by atoms with van der Waals surface area (Å²) in [6, 6.07) is 8.75. The molecule has 0 heterocycles. The smallest absolute Gasteiger partial charge is 0.272 e. The van der Waals surface area contributed by atoms with Crippen LogP contribution in [0.3, 0.4) is 0 Å². The highest BCUT2D eigenvalue weighted by Gasteiger charge is 2.11. The number of halogens is 2. The third-order valence-corrected chi connectivity index (χ3v) is 3.13. The predicted octanol–water partition coefficient (Wildman–Crippen LogP) is 4.60. The average Bonchev–Trinajstić information content (AvgIpc) is 2.33. The van der Waals surface area contributed by atoms with Crippen molar-refractivity contribution in [3.63, 3.8) is 0 Å². The van der Waals surface area contributed by atoms with Crippen molar-refractivity contribution in [2.24, 2.45) is 0 Å². The zero-order valence-corrected chi connectivity index (χ0v) is 11.5. The van der Waals surface area contributed by atoms with Gasteiger partial charge in [-0.25, -0.2) is 4.39 Å². The first-order valence-electron chi connectivity index (χ1n) is 5.35. The van der Waals surface area contributed by atoms with Crippen LogP contribution in [0, 0.1) is 22.9 Å². The quantitative estimate of drug-likeness (QED) is 0.612. The molecule has 0 amide bonds. The van der Waals surface area contributed by atoms with Crippen LogP contribution in [0.15, 0.2) is 40.9 Å². The first-order valence-corrected chi connectivity index (χ1v) is 6.14. The number of hydrogen-bond acceptors (Lipinski definition) is 3. The Morgan fingerprint density at radius 3 is 2.42 bits per heavy atom. The molecule has 0 unspecified atom stereocenters. The van der Waals surface area contributed by atoms with E-state index in [1.54, 1.807) is 13.0 Å². The molecule has 2 aromatic carbocycles. The summed E-state index contributed by atoms with van der Waals surface area (Å²) in [7, 11) is 0. The van der Waals surface area contributed by atoms with E-state index in [9.17, 15) is 14.5 Å². The van der Waals surface area contributed by atoms with Gasteiger partial charge in [-0.2, -0.15) is 0 Å². The molecule has 0 fully saturated rings. The first kappa shape index (κ1) is 13.5. The number of ether oxygens (including phenoxy) is 1. The lowest BCUT2D eigenvalue weighted by Gasteiger charge is -2.07. The maximum absolute atomic E-state index is 13.3. The van der Waals surface area contributed by atoms with E-state index < -0.39 is 10.7 Å². The van der Waals surface area contributed by atoms with E-state index in [0.717, 1.165) is 0 Å². The molecular formula is C13H9BrFNO3. The second-order valence-electron chi connectivity index (χ2n) is 3.88. The van der Waals surface area contributed by atoms with Crippen molar-refractivity contribution in [3.8, 4) is 11.5 Å². The molecular weight excluding hydrogens is 317 g/mol. The van der Waals surface area contributed by atoms with Crippen LogP contribution < -0.4 is 4.74 Å². The van der Waals surface area contributed by atoms with Gasteiger partial charge in [-0.3, -0.25) is 10.1 Å². The summed E-state index contributed by atoms with van der Waals surface area (Å²) in [6.07, 6.45) is 0. The van der Waals surface area contributed by atoms with Gasteiger partial charge in [-0.1, -0.05) is 0 Å². The van der Waals surface area contributed by atoms with Crippen LogP contribution in [0.2, 0.25) is 0 Å². The van der Waals surface area contributed by atoms with Gasteiger partial charge in [-0.05, 0) is 47.1 Å². The van der Waals surface area contributed by atoms with Crippen LogP contribution in [0.5, 0.6) is 11.5 Å². The number of rotatable bonds is 3. The third kappa shape index (κ3) is 3.08. The van der Waals surface area contributed by atoms with Crippen molar-refractivity contribution in [2.45, 2.75) is 6.92 Å². The molecule has 98 valence electrons. The van der Waals surface area contributed by atoms with Gasteiger partial charge in [0.2, 0.25) is 0 Å². The summed E-state index contributed by atoms with van der Waals surface area (Å²) in [4.78, 5) is 10.2. The number of nitro benzene ring substituents is 1. The fraction of sp³-hybridized carbons (Fsp3) is 0.0769. The van der Waals surface area contributed by atoms with E-state index in [1.165, 1.54) is 30.3 Å². The molecule has 0 radical (unpaired) electrons. The lowest BCUT2D eigenvalue weighted by atomic mass is 10.2. The number of hydrogen-bond donors (Lipinski definition) is 0. The lowest BCUT2D eigenvalue weighted by molar-refractivity contribution is -0.385. The molecule has 2 rings (SSSR count). The summed E-state index contributed by atoms with van der Waals surface area (Å²) in [6.45, 7) is 1.62. The Kier molecular flexibility index (Phi) is 3.80. The van der Waals surface area contributed by atoms with Crippen molar-refractivity contribution >= 4 is 21.6 Å². The molecule has 0 N–H and O–H groups in total. The number of nitro groups is 1. The van der Waals surface area contributed by atoms with E-state index >= 15 is 0 Å². The zero-order valence-electron chi connectivity index (χ0n) is 9.89. The highest BCUT2D eigenvalue weighted by Crippen LogP contribution is 2.28. The Morgan fingerprint density at radius 2 is 1.84 bits per heavy atom. The summed E-state index contributed by atoms with van der Waals surface area (Å²) in [5.74, 6) is 0.315. The fourth-order valence-corrected chi connectivity index (χ4v) is 1.82.